The zero-order chi connectivity index (χ0) is 16.8. The van der Waals surface area contributed by atoms with E-state index in [0.717, 1.165) is 17.0 Å². The lowest BCUT2D eigenvalue weighted by atomic mass is 10.2. The fraction of sp³-hybridized carbons (Fsp3) is 0.375. The largest absolute Gasteiger partial charge is 0.493 e. The smallest absolute Gasteiger partial charge is 0.214 e. The van der Waals surface area contributed by atoms with Gasteiger partial charge < -0.3 is 24.9 Å². The van der Waals surface area contributed by atoms with Crippen LogP contribution in [0.15, 0.2) is 27.6 Å². The van der Waals surface area contributed by atoms with E-state index in [1.165, 1.54) is 0 Å². The highest BCUT2D eigenvalue weighted by Gasteiger charge is 2.06. The normalized spacial score (nSPS) is 11.4. The van der Waals surface area contributed by atoms with E-state index in [1.807, 2.05) is 32.0 Å². The molecule has 7 nitrogen and oxygen atoms in total. The van der Waals surface area contributed by atoms with Gasteiger partial charge >= 0.3 is 0 Å². The summed E-state index contributed by atoms with van der Waals surface area (Å²) in [5.74, 6) is 3.07. The van der Waals surface area contributed by atoms with E-state index < -0.39 is 0 Å². The van der Waals surface area contributed by atoms with Gasteiger partial charge in [0.1, 0.15) is 5.76 Å². The molecule has 0 aliphatic heterocycles. The number of ether oxygens (including phenoxy) is 2. The van der Waals surface area contributed by atoms with Crippen LogP contribution in [-0.4, -0.2) is 25.2 Å². The molecule has 1 aromatic carbocycles. The second-order valence-corrected chi connectivity index (χ2v) is 4.99. The first kappa shape index (κ1) is 16.7. The van der Waals surface area contributed by atoms with Crippen LogP contribution in [0.5, 0.6) is 11.5 Å². The van der Waals surface area contributed by atoms with Crippen LogP contribution in [0.1, 0.15) is 22.9 Å². The molecule has 0 saturated carbocycles. The standard InChI is InChI=1S/C16H22N4O3/c1-10-11(2)23-15(20-10)9-19-16(17)18-8-12-5-6-13(21-3)14(7-12)22-4/h5-7H,8-9H2,1-4H3,(H3,17,18,19). The Bertz CT molecular complexity index is 675. The molecule has 0 saturated heterocycles. The SMILES string of the molecule is COc1ccc(CN=C(N)NCc2nc(C)c(C)o2)cc1OC. The Hall–Kier alpha value is -2.70. The fourth-order valence-electron chi connectivity index (χ4n) is 1.99. The van der Waals surface area contributed by atoms with Crippen molar-refractivity contribution in [3.8, 4) is 11.5 Å². The number of nitrogens with two attached hydrogens (primary N) is 1. The van der Waals surface area contributed by atoms with E-state index in [9.17, 15) is 0 Å². The van der Waals surface area contributed by atoms with Crippen molar-refractivity contribution in [1.82, 2.24) is 10.3 Å². The highest BCUT2D eigenvalue weighted by Crippen LogP contribution is 2.27. The Morgan fingerprint density at radius 2 is 2.00 bits per heavy atom. The zero-order valence-corrected chi connectivity index (χ0v) is 13.8. The van der Waals surface area contributed by atoms with Crippen molar-refractivity contribution in [2.24, 2.45) is 10.7 Å². The second-order valence-electron chi connectivity index (χ2n) is 4.99. The van der Waals surface area contributed by atoms with Crippen molar-refractivity contribution in [3.05, 3.63) is 41.1 Å². The Labute approximate surface area is 135 Å². The number of aryl methyl sites for hydroxylation is 2. The van der Waals surface area contributed by atoms with E-state index >= 15 is 0 Å². The molecule has 0 spiro atoms. The van der Waals surface area contributed by atoms with Crippen molar-refractivity contribution in [2.45, 2.75) is 26.9 Å². The molecule has 23 heavy (non-hydrogen) atoms. The van der Waals surface area contributed by atoms with Gasteiger partial charge in [0, 0.05) is 0 Å². The van der Waals surface area contributed by atoms with Crippen LogP contribution in [0.4, 0.5) is 0 Å². The molecule has 0 atom stereocenters. The summed E-state index contributed by atoms with van der Waals surface area (Å²) < 4.78 is 15.9. The first-order valence-electron chi connectivity index (χ1n) is 7.21. The molecule has 0 fully saturated rings. The monoisotopic (exact) mass is 318 g/mol. The molecule has 124 valence electrons. The van der Waals surface area contributed by atoms with Crippen molar-refractivity contribution >= 4 is 5.96 Å². The summed E-state index contributed by atoms with van der Waals surface area (Å²) in [6, 6.07) is 5.63. The molecule has 0 unspecified atom stereocenters. The number of oxazole rings is 1. The first-order valence-corrected chi connectivity index (χ1v) is 7.21. The average Bonchev–Trinajstić information content (AvgIpc) is 2.88. The lowest BCUT2D eigenvalue weighted by Crippen LogP contribution is -2.31. The van der Waals surface area contributed by atoms with Crippen molar-refractivity contribution in [2.75, 3.05) is 14.2 Å². The van der Waals surface area contributed by atoms with Gasteiger partial charge in [0.25, 0.3) is 0 Å². The molecule has 0 bridgehead atoms. The van der Waals surface area contributed by atoms with Gasteiger partial charge in [-0.3, -0.25) is 0 Å². The van der Waals surface area contributed by atoms with Gasteiger partial charge in [-0.05, 0) is 31.5 Å². The van der Waals surface area contributed by atoms with Gasteiger partial charge in [-0.1, -0.05) is 6.07 Å². The third kappa shape index (κ3) is 4.38. The van der Waals surface area contributed by atoms with Crippen molar-refractivity contribution in [3.63, 3.8) is 0 Å². The number of aromatic nitrogens is 1. The second kappa shape index (κ2) is 7.53. The van der Waals surface area contributed by atoms with E-state index in [4.69, 9.17) is 19.6 Å². The molecule has 2 rings (SSSR count). The molecule has 7 heteroatoms. The highest BCUT2D eigenvalue weighted by atomic mass is 16.5. The molecule has 1 aromatic heterocycles. The highest BCUT2D eigenvalue weighted by molar-refractivity contribution is 5.77. The van der Waals surface area contributed by atoms with Crippen LogP contribution in [0, 0.1) is 13.8 Å². The lowest BCUT2D eigenvalue weighted by molar-refractivity contribution is 0.354. The van der Waals surface area contributed by atoms with Gasteiger partial charge in [0.05, 0.1) is 33.0 Å². The summed E-state index contributed by atoms with van der Waals surface area (Å²) in [5.41, 5.74) is 7.70. The molecular weight excluding hydrogens is 296 g/mol. The molecule has 3 N–H and O–H groups in total. The van der Waals surface area contributed by atoms with E-state index in [2.05, 4.69) is 15.3 Å². The van der Waals surface area contributed by atoms with Gasteiger partial charge in [-0.15, -0.1) is 0 Å². The minimum absolute atomic E-state index is 0.327. The number of hydrogen-bond donors (Lipinski definition) is 2. The van der Waals surface area contributed by atoms with Gasteiger partial charge in [-0.25, -0.2) is 9.98 Å². The minimum atomic E-state index is 0.327. The fourth-order valence-corrected chi connectivity index (χ4v) is 1.99. The molecule has 0 radical (unpaired) electrons. The average molecular weight is 318 g/mol. The van der Waals surface area contributed by atoms with Crippen molar-refractivity contribution < 1.29 is 13.9 Å². The third-order valence-corrected chi connectivity index (χ3v) is 3.37. The van der Waals surface area contributed by atoms with E-state index in [0.29, 0.717) is 36.4 Å². The molecular formula is C16H22N4O3. The number of nitrogens with one attached hydrogen (secondary N) is 1. The maximum atomic E-state index is 5.85. The lowest BCUT2D eigenvalue weighted by Gasteiger charge is -2.09. The Balaban J connectivity index is 1.93. The third-order valence-electron chi connectivity index (χ3n) is 3.37. The number of methoxy groups -OCH3 is 2. The topological polar surface area (TPSA) is 94.9 Å². The van der Waals surface area contributed by atoms with E-state index in [1.54, 1.807) is 14.2 Å². The maximum absolute atomic E-state index is 5.85. The summed E-state index contributed by atoms with van der Waals surface area (Å²) in [5, 5.41) is 2.98. The number of hydrogen-bond acceptors (Lipinski definition) is 5. The number of rotatable bonds is 6. The molecule has 0 amide bonds. The number of guanidine groups is 1. The number of aliphatic imine (C=N–C) groups is 1. The van der Waals surface area contributed by atoms with Gasteiger partial charge in [0.15, 0.2) is 17.5 Å². The van der Waals surface area contributed by atoms with E-state index in [-0.39, 0.29) is 0 Å². The summed E-state index contributed by atoms with van der Waals surface area (Å²) in [4.78, 5) is 8.56. The Kier molecular flexibility index (Phi) is 5.46. The maximum Gasteiger partial charge on any atom is 0.214 e. The summed E-state index contributed by atoms with van der Waals surface area (Å²) in [6.45, 7) is 4.61. The minimum Gasteiger partial charge on any atom is -0.493 e. The molecule has 2 aromatic rings. The summed E-state index contributed by atoms with van der Waals surface area (Å²) >= 11 is 0. The summed E-state index contributed by atoms with van der Waals surface area (Å²) in [7, 11) is 3.20. The van der Waals surface area contributed by atoms with Gasteiger partial charge in [0.2, 0.25) is 5.89 Å². The number of nitrogens with zero attached hydrogens (tertiary/aromatic N) is 2. The predicted octanol–water partition coefficient (Wildman–Crippen LogP) is 1.91. The van der Waals surface area contributed by atoms with Crippen LogP contribution in [-0.2, 0) is 13.1 Å². The van der Waals surface area contributed by atoms with Crippen LogP contribution < -0.4 is 20.5 Å². The Morgan fingerprint density at radius 3 is 2.61 bits per heavy atom. The van der Waals surface area contributed by atoms with Crippen LogP contribution in [0.2, 0.25) is 0 Å². The Morgan fingerprint density at radius 1 is 1.26 bits per heavy atom. The zero-order valence-electron chi connectivity index (χ0n) is 13.8. The molecule has 0 aliphatic carbocycles. The van der Waals surface area contributed by atoms with Crippen LogP contribution >= 0.6 is 0 Å². The summed E-state index contributed by atoms with van der Waals surface area (Å²) in [6.07, 6.45) is 0. The molecule has 1 heterocycles. The van der Waals surface area contributed by atoms with Crippen LogP contribution in [0.25, 0.3) is 0 Å². The van der Waals surface area contributed by atoms with Gasteiger partial charge in [-0.2, -0.15) is 0 Å². The van der Waals surface area contributed by atoms with Crippen molar-refractivity contribution in [1.29, 1.82) is 0 Å². The van der Waals surface area contributed by atoms with Crippen LogP contribution in [0.3, 0.4) is 0 Å². The quantitative estimate of drug-likeness (QED) is 0.624. The molecule has 0 aliphatic rings. The first-order chi connectivity index (χ1) is 11.0. The number of benzene rings is 1. The predicted molar refractivity (Wildman–Crippen MR) is 87.7 cm³/mol.